The zero-order valence-electron chi connectivity index (χ0n) is 9.26. The van der Waals surface area contributed by atoms with Crippen molar-refractivity contribution in [3.63, 3.8) is 0 Å². The first-order valence-electron chi connectivity index (χ1n) is 4.84. The van der Waals surface area contributed by atoms with Crippen LogP contribution in [0.5, 0.6) is 0 Å². The Labute approximate surface area is 85.1 Å². The molecule has 0 aliphatic heterocycles. The van der Waals surface area contributed by atoms with Gasteiger partial charge in [0, 0.05) is 26.2 Å². The van der Waals surface area contributed by atoms with Gasteiger partial charge in [-0.3, -0.25) is 4.90 Å². The van der Waals surface area contributed by atoms with Gasteiger partial charge in [0.05, 0.1) is 6.54 Å². The number of hydrogen-bond acceptors (Lipinski definition) is 3. The molecule has 0 aliphatic carbocycles. The van der Waals surface area contributed by atoms with Crippen molar-refractivity contribution >= 4 is 0 Å². The summed E-state index contributed by atoms with van der Waals surface area (Å²) in [6.45, 7) is 3.15. The van der Waals surface area contributed by atoms with E-state index in [4.69, 9.17) is 0 Å². The second-order valence-electron chi connectivity index (χ2n) is 3.71. The quantitative estimate of drug-likeness (QED) is 0.581. The maximum atomic E-state index is 11.9. The molecule has 0 rings (SSSR count). The van der Waals surface area contributed by atoms with Gasteiger partial charge in [0.2, 0.25) is 0 Å². The average molecular weight is 209 g/mol. The van der Waals surface area contributed by atoms with Crippen molar-refractivity contribution in [2.45, 2.75) is 6.43 Å². The fraction of sp³-hybridized carbons (Fsp3) is 1.00. The van der Waals surface area contributed by atoms with Gasteiger partial charge in [-0.25, -0.2) is 8.78 Å². The average Bonchev–Trinajstić information content (AvgIpc) is 2.01. The molecule has 0 aromatic carbocycles. The van der Waals surface area contributed by atoms with Crippen LogP contribution in [-0.4, -0.2) is 70.1 Å². The van der Waals surface area contributed by atoms with Crippen molar-refractivity contribution in [1.82, 2.24) is 15.1 Å². The Hall–Kier alpha value is -0.260. The Bertz CT molecular complexity index is 131. The molecule has 0 saturated carbocycles. The van der Waals surface area contributed by atoms with Crippen molar-refractivity contribution < 1.29 is 8.78 Å². The summed E-state index contributed by atoms with van der Waals surface area (Å²) in [4.78, 5) is 3.71. The molecule has 0 atom stereocenters. The Kier molecular flexibility index (Phi) is 7.93. The zero-order valence-corrected chi connectivity index (χ0v) is 9.26. The van der Waals surface area contributed by atoms with Crippen LogP contribution in [0.25, 0.3) is 0 Å². The fourth-order valence-electron chi connectivity index (χ4n) is 1.02. The van der Waals surface area contributed by atoms with Gasteiger partial charge in [-0.2, -0.15) is 0 Å². The summed E-state index contributed by atoms with van der Waals surface area (Å²) in [5.41, 5.74) is 0. The lowest BCUT2D eigenvalue weighted by molar-refractivity contribution is 0.101. The molecule has 0 aromatic rings. The van der Waals surface area contributed by atoms with E-state index in [9.17, 15) is 8.78 Å². The minimum atomic E-state index is -2.23. The van der Waals surface area contributed by atoms with E-state index in [1.807, 2.05) is 14.1 Å². The summed E-state index contributed by atoms with van der Waals surface area (Å²) in [6, 6.07) is 0. The van der Waals surface area contributed by atoms with Crippen LogP contribution < -0.4 is 5.32 Å². The van der Waals surface area contributed by atoms with Gasteiger partial charge < -0.3 is 10.2 Å². The Morgan fingerprint density at radius 1 is 1.07 bits per heavy atom. The molecule has 0 radical (unpaired) electrons. The number of nitrogens with zero attached hydrogens (tertiary/aromatic N) is 2. The van der Waals surface area contributed by atoms with Gasteiger partial charge in [0.1, 0.15) is 0 Å². The van der Waals surface area contributed by atoms with Crippen LogP contribution in [0.1, 0.15) is 0 Å². The highest BCUT2D eigenvalue weighted by atomic mass is 19.3. The third-order valence-electron chi connectivity index (χ3n) is 1.86. The predicted octanol–water partition coefficient (Wildman–Crippen LogP) is 0.335. The molecule has 3 nitrogen and oxygen atoms in total. The van der Waals surface area contributed by atoms with E-state index in [2.05, 4.69) is 10.2 Å². The lowest BCUT2D eigenvalue weighted by Crippen LogP contribution is -2.35. The van der Waals surface area contributed by atoms with Crippen LogP contribution in [0.4, 0.5) is 8.78 Å². The number of likely N-dealkylation sites (N-methyl/N-ethyl adjacent to an activating group) is 2. The highest BCUT2D eigenvalue weighted by Gasteiger charge is 2.06. The molecule has 0 aromatic heterocycles. The molecule has 0 saturated heterocycles. The van der Waals surface area contributed by atoms with Gasteiger partial charge in [-0.1, -0.05) is 0 Å². The Morgan fingerprint density at radius 3 is 2.14 bits per heavy atom. The van der Waals surface area contributed by atoms with Crippen LogP contribution in [0.3, 0.4) is 0 Å². The van der Waals surface area contributed by atoms with Crippen LogP contribution in [0.2, 0.25) is 0 Å². The largest absolute Gasteiger partial charge is 0.314 e. The summed E-state index contributed by atoms with van der Waals surface area (Å²) in [5, 5.41) is 3.19. The van der Waals surface area contributed by atoms with E-state index in [0.29, 0.717) is 6.54 Å². The smallest absolute Gasteiger partial charge is 0.251 e. The van der Waals surface area contributed by atoms with E-state index >= 15 is 0 Å². The third-order valence-corrected chi connectivity index (χ3v) is 1.86. The monoisotopic (exact) mass is 209 g/mol. The second kappa shape index (κ2) is 8.08. The highest BCUT2D eigenvalue weighted by Crippen LogP contribution is 1.93. The van der Waals surface area contributed by atoms with Crippen molar-refractivity contribution in [3.8, 4) is 0 Å². The summed E-state index contributed by atoms with van der Waals surface area (Å²) < 4.78 is 23.8. The minimum absolute atomic E-state index is 0.143. The molecule has 0 amide bonds. The SMILES string of the molecule is CN(C)CCNCCN(C)CC(F)F. The van der Waals surface area contributed by atoms with Gasteiger partial charge >= 0.3 is 0 Å². The molecule has 0 unspecified atom stereocenters. The minimum Gasteiger partial charge on any atom is -0.314 e. The molecule has 0 fully saturated rings. The van der Waals surface area contributed by atoms with Gasteiger partial charge in [0.25, 0.3) is 6.43 Å². The normalized spacial score (nSPS) is 12.0. The maximum Gasteiger partial charge on any atom is 0.251 e. The van der Waals surface area contributed by atoms with Crippen LogP contribution >= 0.6 is 0 Å². The highest BCUT2D eigenvalue weighted by molar-refractivity contribution is 4.57. The maximum absolute atomic E-state index is 11.9. The van der Waals surface area contributed by atoms with Crippen molar-refractivity contribution in [1.29, 1.82) is 0 Å². The molecule has 1 N–H and O–H groups in total. The number of alkyl halides is 2. The van der Waals surface area contributed by atoms with E-state index in [0.717, 1.165) is 19.6 Å². The number of rotatable bonds is 8. The first-order valence-corrected chi connectivity index (χ1v) is 4.84. The first-order chi connectivity index (χ1) is 6.52. The number of halogens is 2. The number of nitrogens with one attached hydrogen (secondary N) is 1. The van der Waals surface area contributed by atoms with Gasteiger partial charge in [-0.05, 0) is 21.1 Å². The Morgan fingerprint density at radius 2 is 1.64 bits per heavy atom. The molecular weight excluding hydrogens is 188 g/mol. The van der Waals surface area contributed by atoms with Gasteiger partial charge in [-0.15, -0.1) is 0 Å². The topological polar surface area (TPSA) is 18.5 Å². The number of hydrogen-bond donors (Lipinski definition) is 1. The molecule has 0 heterocycles. The summed E-state index contributed by atoms with van der Waals surface area (Å²) >= 11 is 0. The molecule has 0 spiro atoms. The Balaban J connectivity index is 3.19. The van der Waals surface area contributed by atoms with Crippen molar-refractivity contribution in [2.75, 3.05) is 53.9 Å². The summed E-state index contributed by atoms with van der Waals surface area (Å²) in [5.74, 6) is 0. The van der Waals surface area contributed by atoms with Crippen LogP contribution in [-0.2, 0) is 0 Å². The van der Waals surface area contributed by atoms with Crippen LogP contribution in [0.15, 0.2) is 0 Å². The molecule has 0 bridgehead atoms. The zero-order chi connectivity index (χ0) is 11.0. The summed E-state index contributed by atoms with van der Waals surface area (Å²) in [7, 11) is 5.72. The fourth-order valence-corrected chi connectivity index (χ4v) is 1.02. The molecule has 0 aliphatic rings. The van der Waals surface area contributed by atoms with E-state index in [-0.39, 0.29) is 6.54 Å². The van der Waals surface area contributed by atoms with E-state index < -0.39 is 6.43 Å². The molecule has 5 heteroatoms. The predicted molar refractivity (Wildman–Crippen MR) is 54.9 cm³/mol. The second-order valence-corrected chi connectivity index (χ2v) is 3.71. The van der Waals surface area contributed by atoms with Crippen LogP contribution in [0, 0.1) is 0 Å². The standard InChI is InChI=1S/C9H21F2N3/c1-13(2)6-4-12-5-7-14(3)8-9(10)11/h9,12H,4-8H2,1-3H3. The van der Waals surface area contributed by atoms with Crippen molar-refractivity contribution in [2.24, 2.45) is 0 Å². The van der Waals surface area contributed by atoms with E-state index in [1.54, 1.807) is 11.9 Å². The van der Waals surface area contributed by atoms with Gasteiger partial charge in [0.15, 0.2) is 0 Å². The molecule has 14 heavy (non-hydrogen) atoms. The third kappa shape index (κ3) is 9.83. The lowest BCUT2D eigenvalue weighted by atomic mass is 10.5. The summed E-state index contributed by atoms with van der Waals surface area (Å²) in [6.07, 6.45) is -2.23. The van der Waals surface area contributed by atoms with Crippen molar-refractivity contribution in [3.05, 3.63) is 0 Å². The molecule has 86 valence electrons. The van der Waals surface area contributed by atoms with E-state index in [1.165, 1.54) is 0 Å². The lowest BCUT2D eigenvalue weighted by Gasteiger charge is -2.16. The first kappa shape index (κ1) is 13.7. The molecular formula is C9H21F2N3.